The first-order valence-electron chi connectivity index (χ1n) is 19.5. The number of aromatic nitrogens is 2. The highest BCUT2D eigenvalue weighted by atomic mass is 16.3. The summed E-state index contributed by atoms with van der Waals surface area (Å²) in [6.45, 7) is 0. The van der Waals surface area contributed by atoms with Crippen molar-refractivity contribution in [2.24, 2.45) is 0 Å². The van der Waals surface area contributed by atoms with Gasteiger partial charge in [0.05, 0.1) is 22.1 Å². The van der Waals surface area contributed by atoms with Gasteiger partial charge in [-0.2, -0.15) is 0 Å². The van der Waals surface area contributed by atoms with E-state index < -0.39 is 0 Å². The zero-order valence-electron chi connectivity index (χ0n) is 30.9. The van der Waals surface area contributed by atoms with Gasteiger partial charge in [0, 0.05) is 43.7 Å². The molecule has 3 nitrogen and oxygen atoms in total. The Morgan fingerprint density at radius 1 is 0.246 bits per heavy atom. The fraction of sp³-hybridized carbons (Fsp3) is 0. The second-order valence-corrected chi connectivity index (χ2v) is 14.9. The number of fused-ring (bicyclic) bond motifs is 9. The first-order chi connectivity index (χ1) is 28.2. The minimum atomic E-state index is 0.873. The molecule has 0 spiro atoms. The molecule has 9 aromatic carbocycles. The Balaban J connectivity index is 1.06. The van der Waals surface area contributed by atoms with Gasteiger partial charge in [-0.3, -0.25) is 0 Å². The van der Waals surface area contributed by atoms with Gasteiger partial charge in [0.25, 0.3) is 0 Å². The van der Waals surface area contributed by atoms with Crippen molar-refractivity contribution in [2.75, 3.05) is 0 Å². The maximum Gasteiger partial charge on any atom is 0.135 e. The van der Waals surface area contributed by atoms with Crippen LogP contribution in [0.4, 0.5) is 0 Å². The summed E-state index contributed by atoms with van der Waals surface area (Å²) < 4.78 is 11.3. The molecule has 3 heterocycles. The van der Waals surface area contributed by atoms with Crippen molar-refractivity contribution in [3.8, 4) is 44.8 Å². The second kappa shape index (κ2) is 12.5. The molecule has 3 heteroatoms. The molecule has 0 atom stereocenters. The van der Waals surface area contributed by atoms with Crippen molar-refractivity contribution in [2.45, 2.75) is 0 Å². The Kier molecular flexibility index (Phi) is 6.93. The molecule has 0 N–H and O–H groups in total. The Hall–Kier alpha value is -7.62. The molecule has 0 radical (unpaired) electrons. The van der Waals surface area contributed by atoms with Gasteiger partial charge in [-0.1, -0.05) is 133 Å². The van der Waals surface area contributed by atoms with Crippen molar-refractivity contribution in [1.82, 2.24) is 9.13 Å². The number of furan rings is 1. The van der Waals surface area contributed by atoms with E-state index in [1.807, 2.05) is 0 Å². The SMILES string of the molecule is c1ccc(-c2ccc3c(c2)c2ccccc2n3-c2ccc3oc4ccc(-n5c6ccc(-c7ccccc7)cc6c6ccc(-c7ccccc7)cc65)cc4c3c2)cc1. The molecule has 0 amide bonds. The molecule has 0 unspecified atom stereocenters. The third-order valence-corrected chi connectivity index (χ3v) is 11.7. The minimum Gasteiger partial charge on any atom is -0.456 e. The maximum absolute atomic E-state index is 6.53. The number of para-hydroxylation sites is 1. The van der Waals surface area contributed by atoms with Crippen LogP contribution in [0.15, 0.2) is 211 Å². The quantitative estimate of drug-likeness (QED) is 0.173. The maximum atomic E-state index is 6.53. The Morgan fingerprint density at radius 3 is 1.21 bits per heavy atom. The van der Waals surface area contributed by atoms with Gasteiger partial charge in [0.1, 0.15) is 11.2 Å². The molecule has 0 fully saturated rings. The van der Waals surface area contributed by atoms with Crippen LogP contribution in [0.3, 0.4) is 0 Å². The van der Waals surface area contributed by atoms with E-state index in [1.54, 1.807) is 0 Å². The van der Waals surface area contributed by atoms with Crippen molar-refractivity contribution in [3.05, 3.63) is 206 Å². The first kappa shape index (κ1) is 31.7. The van der Waals surface area contributed by atoms with E-state index in [2.05, 4.69) is 215 Å². The number of rotatable bonds is 5. The van der Waals surface area contributed by atoms with E-state index in [-0.39, 0.29) is 0 Å². The van der Waals surface area contributed by atoms with E-state index in [9.17, 15) is 0 Å². The predicted octanol–water partition coefficient (Wildman–Crippen LogP) is 14.8. The van der Waals surface area contributed by atoms with Crippen molar-refractivity contribution in [3.63, 3.8) is 0 Å². The molecule has 12 rings (SSSR count). The summed E-state index contributed by atoms with van der Waals surface area (Å²) in [5.41, 5.74) is 15.9. The van der Waals surface area contributed by atoms with Gasteiger partial charge in [0.15, 0.2) is 0 Å². The summed E-state index contributed by atoms with van der Waals surface area (Å²) in [6.07, 6.45) is 0. The van der Waals surface area contributed by atoms with E-state index >= 15 is 0 Å². The van der Waals surface area contributed by atoms with E-state index in [1.165, 1.54) is 77.0 Å². The Bertz CT molecular complexity index is 3500. The van der Waals surface area contributed by atoms with Gasteiger partial charge in [-0.15, -0.1) is 0 Å². The highest BCUT2D eigenvalue weighted by molar-refractivity contribution is 6.14. The molecule has 57 heavy (non-hydrogen) atoms. The van der Waals surface area contributed by atoms with Gasteiger partial charge < -0.3 is 13.6 Å². The van der Waals surface area contributed by atoms with Crippen LogP contribution in [0.1, 0.15) is 0 Å². The fourth-order valence-electron chi connectivity index (χ4n) is 9.01. The van der Waals surface area contributed by atoms with Gasteiger partial charge >= 0.3 is 0 Å². The third-order valence-electron chi connectivity index (χ3n) is 11.7. The highest BCUT2D eigenvalue weighted by Crippen LogP contribution is 2.40. The number of hydrogen-bond acceptors (Lipinski definition) is 1. The lowest BCUT2D eigenvalue weighted by atomic mass is 10.0. The van der Waals surface area contributed by atoms with Crippen molar-refractivity contribution >= 4 is 65.6 Å². The molecule has 266 valence electrons. The lowest BCUT2D eigenvalue weighted by Crippen LogP contribution is -1.94. The lowest BCUT2D eigenvalue weighted by Gasteiger charge is -2.10. The van der Waals surface area contributed by atoms with Crippen molar-refractivity contribution < 1.29 is 4.42 Å². The average molecular weight is 727 g/mol. The van der Waals surface area contributed by atoms with Crippen LogP contribution in [0.25, 0.3) is 110 Å². The summed E-state index contributed by atoms with van der Waals surface area (Å²) in [5.74, 6) is 0. The van der Waals surface area contributed by atoms with Crippen LogP contribution in [-0.4, -0.2) is 9.13 Å². The summed E-state index contributed by atoms with van der Waals surface area (Å²) in [6, 6.07) is 74.5. The molecule has 0 saturated carbocycles. The summed E-state index contributed by atoms with van der Waals surface area (Å²) >= 11 is 0. The summed E-state index contributed by atoms with van der Waals surface area (Å²) in [4.78, 5) is 0. The molecule has 0 aliphatic heterocycles. The smallest absolute Gasteiger partial charge is 0.135 e. The zero-order valence-corrected chi connectivity index (χ0v) is 30.9. The summed E-state index contributed by atoms with van der Waals surface area (Å²) in [5, 5.41) is 7.11. The lowest BCUT2D eigenvalue weighted by molar-refractivity contribution is 0.669. The normalized spacial score (nSPS) is 11.9. The standard InChI is InChI=1S/C54H34N2O/c1-4-12-35(13-5-1)38-21-26-50-45(30-38)43-18-10-11-19-49(43)55(50)41-23-28-53-47(33-41)48-34-42(24-29-54(48)57-53)56-51-27-22-39(36-14-6-2-7-15-36)31-46(51)44-25-20-40(32-52(44)56)37-16-8-3-9-17-37/h1-34H. The van der Waals surface area contributed by atoms with Crippen LogP contribution in [0, 0.1) is 0 Å². The molecular formula is C54H34N2O. The average Bonchev–Trinajstić information content (AvgIpc) is 3.93. The molecule has 0 aliphatic rings. The van der Waals surface area contributed by atoms with Crippen molar-refractivity contribution in [1.29, 1.82) is 0 Å². The predicted molar refractivity (Wildman–Crippen MR) is 239 cm³/mol. The molecule has 0 bridgehead atoms. The molecule has 0 saturated heterocycles. The first-order valence-corrected chi connectivity index (χ1v) is 19.5. The number of nitrogens with zero attached hydrogens (tertiary/aromatic N) is 2. The number of benzene rings is 9. The van der Waals surface area contributed by atoms with Crippen LogP contribution in [0.5, 0.6) is 0 Å². The summed E-state index contributed by atoms with van der Waals surface area (Å²) in [7, 11) is 0. The van der Waals surface area contributed by atoms with Crippen LogP contribution >= 0.6 is 0 Å². The van der Waals surface area contributed by atoms with E-state index in [0.717, 1.165) is 33.3 Å². The monoisotopic (exact) mass is 726 g/mol. The highest BCUT2D eigenvalue weighted by Gasteiger charge is 2.18. The third kappa shape index (κ3) is 4.99. The molecule has 3 aromatic heterocycles. The minimum absolute atomic E-state index is 0.873. The molecule has 12 aromatic rings. The van der Waals surface area contributed by atoms with Gasteiger partial charge in [0.2, 0.25) is 0 Å². The number of hydrogen-bond donors (Lipinski definition) is 0. The Morgan fingerprint density at radius 2 is 0.667 bits per heavy atom. The van der Waals surface area contributed by atoms with Crippen LogP contribution in [0.2, 0.25) is 0 Å². The van der Waals surface area contributed by atoms with Gasteiger partial charge in [-0.25, -0.2) is 0 Å². The second-order valence-electron chi connectivity index (χ2n) is 14.9. The molecule has 0 aliphatic carbocycles. The van der Waals surface area contributed by atoms with E-state index in [0.29, 0.717) is 0 Å². The zero-order chi connectivity index (χ0) is 37.5. The van der Waals surface area contributed by atoms with Crippen LogP contribution < -0.4 is 0 Å². The largest absolute Gasteiger partial charge is 0.456 e. The van der Waals surface area contributed by atoms with E-state index in [4.69, 9.17) is 4.42 Å². The van der Waals surface area contributed by atoms with Crippen LogP contribution in [-0.2, 0) is 0 Å². The molecular weight excluding hydrogens is 693 g/mol. The topological polar surface area (TPSA) is 23.0 Å². The Labute approximate surface area is 328 Å². The fourth-order valence-corrected chi connectivity index (χ4v) is 9.01. The van der Waals surface area contributed by atoms with Gasteiger partial charge in [-0.05, 0) is 106 Å².